The van der Waals surface area contributed by atoms with E-state index in [2.05, 4.69) is 12.6 Å². The van der Waals surface area contributed by atoms with Gasteiger partial charge in [-0.1, -0.05) is 26.3 Å². The molecule has 2 N–H and O–H groups in total. The lowest BCUT2D eigenvalue weighted by atomic mass is 9.98. The van der Waals surface area contributed by atoms with Crippen molar-refractivity contribution in [1.29, 1.82) is 5.26 Å². The van der Waals surface area contributed by atoms with Gasteiger partial charge in [0.15, 0.2) is 0 Å². The van der Waals surface area contributed by atoms with Crippen molar-refractivity contribution in [3.63, 3.8) is 0 Å². The topological polar surface area (TPSA) is 70.1 Å². The third-order valence-corrected chi connectivity index (χ3v) is 3.86. The maximum atomic E-state index is 12.3. The van der Waals surface area contributed by atoms with Gasteiger partial charge >= 0.3 is 0 Å². The molecule has 0 spiro atoms. The number of nitrogens with zero attached hydrogens (tertiary/aromatic N) is 2. The van der Waals surface area contributed by atoms with Crippen LogP contribution in [0.4, 0.5) is 0 Å². The van der Waals surface area contributed by atoms with Gasteiger partial charge in [-0.3, -0.25) is 4.79 Å². The Bertz CT molecular complexity index is 347. The number of amides is 1. The summed E-state index contributed by atoms with van der Waals surface area (Å²) in [4.78, 5) is 13.9. The van der Waals surface area contributed by atoms with Crippen molar-refractivity contribution in [2.45, 2.75) is 45.2 Å². The fourth-order valence-electron chi connectivity index (χ4n) is 2.38. The molecule has 0 aromatic heterocycles. The molecule has 1 aliphatic rings. The van der Waals surface area contributed by atoms with Crippen LogP contribution in [0.2, 0.25) is 0 Å². The second-order valence-electron chi connectivity index (χ2n) is 5.17. The monoisotopic (exact) mass is 249 g/mol. The molecule has 1 saturated heterocycles. The van der Waals surface area contributed by atoms with Gasteiger partial charge in [0.25, 0.3) is 0 Å². The van der Waals surface area contributed by atoms with Crippen LogP contribution < -0.4 is 5.73 Å². The predicted octanol–water partition coefficient (Wildman–Crippen LogP) is 1.68. The highest BCUT2D eigenvalue weighted by molar-refractivity contribution is 5.82. The Morgan fingerprint density at radius 2 is 2.39 bits per heavy atom. The summed E-state index contributed by atoms with van der Waals surface area (Å²) in [5.74, 6) is 0.415. The summed E-state index contributed by atoms with van der Waals surface area (Å²) in [5.41, 5.74) is 5.97. The Morgan fingerprint density at radius 3 is 2.89 bits per heavy atom. The highest BCUT2D eigenvalue weighted by atomic mass is 16.2. The number of nitrogens with two attached hydrogens (primary N) is 1. The molecule has 0 bridgehead atoms. The molecule has 0 radical (unpaired) electrons. The molecule has 1 amide bonds. The van der Waals surface area contributed by atoms with Crippen LogP contribution in [0, 0.1) is 23.2 Å². The van der Waals surface area contributed by atoms with Crippen LogP contribution in [0.15, 0.2) is 12.7 Å². The Balaban J connectivity index is 2.72. The molecule has 0 aliphatic carbocycles. The van der Waals surface area contributed by atoms with E-state index >= 15 is 0 Å². The van der Waals surface area contributed by atoms with E-state index in [4.69, 9.17) is 11.0 Å². The quantitative estimate of drug-likeness (QED) is 0.753. The molecule has 4 heteroatoms. The minimum atomic E-state index is -0.492. The van der Waals surface area contributed by atoms with E-state index in [0.29, 0.717) is 12.5 Å². The lowest BCUT2D eigenvalue weighted by Crippen LogP contribution is -2.48. The summed E-state index contributed by atoms with van der Waals surface area (Å²) in [7, 11) is 0. The second-order valence-corrected chi connectivity index (χ2v) is 5.17. The fourth-order valence-corrected chi connectivity index (χ4v) is 2.38. The molecule has 1 rings (SSSR count). The largest absolute Gasteiger partial charge is 0.325 e. The van der Waals surface area contributed by atoms with Gasteiger partial charge in [0, 0.05) is 6.54 Å². The number of nitriles is 1. The van der Waals surface area contributed by atoms with E-state index in [1.807, 2.05) is 19.9 Å². The van der Waals surface area contributed by atoms with Gasteiger partial charge in [0.05, 0.1) is 12.1 Å². The number of carbonyl (C=O) groups excluding carboxylic acids is 1. The molecular formula is C14H23N3O. The smallest absolute Gasteiger partial charge is 0.240 e. The first-order chi connectivity index (χ1) is 8.54. The predicted molar refractivity (Wildman–Crippen MR) is 71.5 cm³/mol. The van der Waals surface area contributed by atoms with Crippen LogP contribution in [0.3, 0.4) is 0 Å². The maximum Gasteiger partial charge on any atom is 0.240 e. The lowest BCUT2D eigenvalue weighted by Gasteiger charge is -2.26. The zero-order valence-corrected chi connectivity index (χ0v) is 11.3. The second kappa shape index (κ2) is 6.55. The van der Waals surface area contributed by atoms with E-state index in [1.165, 1.54) is 0 Å². The molecule has 0 aromatic carbocycles. The molecular weight excluding hydrogens is 226 g/mol. The van der Waals surface area contributed by atoms with Crippen LogP contribution in [0.1, 0.15) is 33.1 Å². The number of allylic oxidation sites excluding steroid dienone is 1. The van der Waals surface area contributed by atoms with Crippen molar-refractivity contribution in [3.05, 3.63) is 12.7 Å². The average Bonchev–Trinajstić information content (AvgIpc) is 2.79. The van der Waals surface area contributed by atoms with Crippen LogP contribution in [0.25, 0.3) is 0 Å². The molecule has 0 aromatic rings. The molecule has 100 valence electrons. The third kappa shape index (κ3) is 3.11. The number of carbonyl (C=O) groups is 1. The molecule has 4 atom stereocenters. The van der Waals surface area contributed by atoms with Crippen molar-refractivity contribution >= 4 is 5.91 Å². The first-order valence-electron chi connectivity index (χ1n) is 6.61. The van der Waals surface area contributed by atoms with Gasteiger partial charge < -0.3 is 10.6 Å². The normalized spacial score (nSPS) is 26.4. The Morgan fingerprint density at radius 1 is 1.72 bits per heavy atom. The molecule has 0 saturated carbocycles. The van der Waals surface area contributed by atoms with E-state index in [-0.39, 0.29) is 17.9 Å². The third-order valence-electron chi connectivity index (χ3n) is 3.86. The molecule has 2 unspecified atom stereocenters. The zero-order chi connectivity index (χ0) is 13.7. The fraction of sp³-hybridized carbons (Fsp3) is 0.714. The molecule has 18 heavy (non-hydrogen) atoms. The van der Waals surface area contributed by atoms with Crippen LogP contribution in [-0.2, 0) is 4.79 Å². The first kappa shape index (κ1) is 14.7. The average molecular weight is 249 g/mol. The van der Waals surface area contributed by atoms with Gasteiger partial charge in [-0.15, -0.1) is 6.58 Å². The molecule has 1 heterocycles. The summed E-state index contributed by atoms with van der Waals surface area (Å²) in [5, 5.41) is 9.14. The standard InChI is InChI=1S/C14H23N3O/c1-4-6-11-7-12(8-15)17(9-11)14(18)13(16)10(3)5-2/h4,10-13H,1,5-7,9,16H2,2-3H3/t10?,11?,12-,13-/m0/s1. The maximum absolute atomic E-state index is 12.3. The summed E-state index contributed by atoms with van der Waals surface area (Å²) >= 11 is 0. The highest BCUT2D eigenvalue weighted by Crippen LogP contribution is 2.27. The van der Waals surface area contributed by atoms with Crippen molar-refractivity contribution in [1.82, 2.24) is 4.90 Å². The molecule has 1 fully saturated rings. The Hall–Kier alpha value is -1.34. The summed E-state index contributed by atoms with van der Waals surface area (Å²) in [6.45, 7) is 8.33. The highest BCUT2D eigenvalue weighted by Gasteiger charge is 2.37. The van der Waals surface area contributed by atoms with Crippen LogP contribution >= 0.6 is 0 Å². The van der Waals surface area contributed by atoms with Crippen molar-refractivity contribution < 1.29 is 4.79 Å². The van der Waals surface area contributed by atoms with E-state index in [9.17, 15) is 4.79 Å². The van der Waals surface area contributed by atoms with Crippen LogP contribution in [-0.4, -0.2) is 29.4 Å². The van der Waals surface area contributed by atoms with Crippen molar-refractivity contribution in [3.8, 4) is 6.07 Å². The van der Waals surface area contributed by atoms with Gasteiger partial charge in [-0.05, 0) is 24.7 Å². The van der Waals surface area contributed by atoms with Crippen molar-refractivity contribution in [2.24, 2.45) is 17.6 Å². The van der Waals surface area contributed by atoms with Gasteiger partial charge in [0.1, 0.15) is 6.04 Å². The number of rotatable bonds is 5. The SMILES string of the molecule is C=CCC1C[C@@H](C#N)N(C(=O)[C@@H](N)C(C)CC)C1. The zero-order valence-electron chi connectivity index (χ0n) is 11.3. The Kier molecular flexibility index (Phi) is 5.36. The number of likely N-dealkylation sites (tertiary alicyclic amines) is 1. The van der Waals surface area contributed by atoms with E-state index in [1.54, 1.807) is 4.90 Å². The van der Waals surface area contributed by atoms with Crippen molar-refractivity contribution in [2.75, 3.05) is 6.54 Å². The molecule has 4 nitrogen and oxygen atoms in total. The van der Waals surface area contributed by atoms with Gasteiger partial charge in [-0.2, -0.15) is 5.26 Å². The number of hydrogen-bond acceptors (Lipinski definition) is 3. The van der Waals surface area contributed by atoms with Gasteiger partial charge in [-0.25, -0.2) is 0 Å². The molecule has 1 aliphatic heterocycles. The minimum Gasteiger partial charge on any atom is -0.325 e. The van der Waals surface area contributed by atoms with Crippen LogP contribution in [0.5, 0.6) is 0 Å². The Labute approximate surface area is 109 Å². The van der Waals surface area contributed by atoms with E-state index < -0.39 is 6.04 Å². The minimum absolute atomic E-state index is 0.0811. The number of hydrogen-bond donors (Lipinski definition) is 1. The first-order valence-corrected chi connectivity index (χ1v) is 6.61. The summed E-state index contributed by atoms with van der Waals surface area (Å²) in [6, 6.07) is 1.40. The lowest BCUT2D eigenvalue weighted by molar-refractivity contribution is -0.133. The van der Waals surface area contributed by atoms with Gasteiger partial charge in [0.2, 0.25) is 5.91 Å². The summed E-state index contributed by atoms with van der Waals surface area (Å²) < 4.78 is 0. The summed E-state index contributed by atoms with van der Waals surface area (Å²) in [6.07, 6.45) is 4.30. The van der Waals surface area contributed by atoms with E-state index in [0.717, 1.165) is 19.3 Å².